The number of anilines is 1. The number of H-pyrrole nitrogens is 1. The molecule has 0 amide bonds. The monoisotopic (exact) mass is 245 g/mol. The number of pyridine rings is 1. The van der Waals surface area contributed by atoms with Crippen molar-refractivity contribution in [2.45, 2.75) is 0 Å². The fourth-order valence-electron chi connectivity index (χ4n) is 1.49. The molecule has 0 saturated carbocycles. The van der Waals surface area contributed by atoms with Crippen molar-refractivity contribution in [2.24, 2.45) is 0 Å². The molecule has 0 radical (unpaired) electrons. The van der Waals surface area contributed by atoms with Gasteiger partial charge in [-0.05, 0) is 6.07 Å². The number of nitrogens with two attached hydrogens (primary N) is 1. The van der Waals surface area contributed by atoms with Crippen molar-refractivity contribution in [3.63, 3.8) is 0 Å². The zero-order chi connectivity index (χ0) is 11.8. The summed E-state index contributed by atoms with van der Waals surface area (Å²) in [5.41, 5.74) is 7.09. The Kier molecular flexibility index (Phi) is 2.12. The number of hydrogen-bond acceptors (Lipinski definition) is 6. The minimum atomic E-state index is -0.314. The first-order valence-electron chi connectivity index (χ1n) is 4.80. The van der Waals surface area contributed by atoms with Crippen LogP contribution in [0.2, 0.25) is 0 Å². The second-order valence-electron chi connectivity index (χ2n) is 3.35. The molecule has 0 bridgehead atoms. The fraction of sp³-hybridized carbons (Fsp3) is 0. The molecule has 0 unspecified atom stereocenters. The molecule has 6 nitrogen and oxygen atoms in total. The first-order valence-corrected chi connectivity index (χ1v) is 5.68. The number of nitrogen functional groups attached to an aromatic ring is 1. The summed E-state index contributed by atoms with van der Waals surface area (Å²) in [4.78, 5) is 26.8. The Hall–Kier alpha value is -2.28. The second kappa shape index (κ2) is 3.63. The summed E-state index contributed by atoms with van der Waals surface area (Å²) >= 11 is 1.35. The highest BCUT2D eigenvalue weighted by atomic mass is 32.1. The fourth-order valence-corrected chi connectivity index (χ4v) is 2.11. The van der Waals surface area contributed by atoms with E-state index in [2.05, 4.69) is 19.9 Å². The molecule has 0 aliphatic carbocycles. The quantitative estimate of drug-likeness (QED) is 0.667. The van der Waals surface area contributed by atoms with Crippen molar-refractivity contribution in [3.05, 3.63) is 34.2 Å². The molecule has 0 aliphatic rings. The number of hydrogen-bond donors (Lipinski definition) is 2. The number of fused-ring (bicyclic) bond motifs is 1. The highest BCUT2D eigenvalue weighted by Gasteiger charge is 2.11. The lowest BCUT2D eigenvalue weighted by atomic mass is 10.3. The van der Waals surface area contributed by atoms with Crippen molar-refractivity contribution in [3.8, 4) is 10.7 Å². The van der Waals surface area contributed by atoms with Gasteiger partial charge in [0, 0.05) is 17.8 Å². The summed E-state index contributed by atoms with van der Waals surface area (Å²) in [7, 11) is 0. The number of thiazole rings is 1. The number of aromatic nitrogens is 4. The summed E-state index contributed by atoms with van der Waals surface area (Å²) < 4.78 is 0. The van der Waals surface area contributed by atoms with Gasteiger partial charge < -0.3 is 10.7 Å². The molecule has 17 heavy (non-hydrogen) atoms. The van der Waals surface area contributed by atoms with Crippen LogP contribution in [0.25, 0.3) is 21.9 Å². The van der Waals surface area contributed by atoms with Crippen LogP contribution in [0.4, 0.5) is 5.69 Å². The largest absolute Gasteiger partial charge is 0.397 e. The molecule has 0 spiro atoms. The van der Waals surface area contributed by atoms with E-state index in [1.54, 1.807) is 17.6 Å². The zero-order valence-corrected chi connectivity index (χ0v) is 9.36. The van der Waals surface area contributed by atoms with E-state index in [9.17, 15) is 4.79 Å². The molecular formula is C10H7N5OS. The van der Waals surface area contributed by atoms with Crippen molar-refractivity contribution in [1.82, 2.24) is 19.9 Å². The number of nitrogens with one attached hydrogen (secondary N) is 1. The molecule has 3 heterocycles. The molecule has 3 aromatic rings. The summed E-state index contributed by atoms with van der Waals surface area (Å²) in [5.74, 6) is 0. The van der Waals surface area contributed by atoms with E-state index in [1.165, 1.54) is 17.5 Å². The van der Waals surface area contributed by atoms with E-state index >= 15 is 0 Å². The highest BCUT2D eigenvalue weighted by Crippen LogP contribution is 2.19. The van der Waals surface area contributed by atoms with Gasteiger partial charge in [0.15, 0.2) is 11.3 Å². The molecule has 84 valence electrons. The number of rotatable bonds is 1. The zero-order valence-electron chi connectivity index (χ0n) is 8.54. The van der Waals surface area contributed by atoms with E-state index in [1.807, 2.05) is 0 Å². The third-order valence-corrected chi connectivity index (χ3v) is 3.04. The smallest absolute Gasteiger partial charge is 0.278 e. The standard InChI is InChI=1S/C10H7N5OS/c11-5-1-2-12-8-6(5)14-7(9(16)15-8)10-13-3-4-17-10/h1-4H,(H3,11,12,15,16). The summed E-state index contributed by atoms with van der Waals surface area (Å²) in [6, 6.07) is 1.64. The molecule has 7 heteroatoms. The van der Waals surface area contributed by atoms with Crippen molar-refractivity contribution in [1.29, 1.82) is 0 Å². The second-order valence-corrected chi connectivity index (χ2v) is 4.24. The lowest BCUT2D eigenvalue weighted by Gasteiger charge is -2.01. The van der Waals surface area contributed by atoms with Gasteiger partial charge in [0.25, 0.3) is 5.56 Å². The van der Waals surface area contributed by atoms with Crippen LogP contribution in [0.15, 0.2) is 28.6 Å². The Morgan fingerprint density at radius 1 is 1.29 bits per heavy atom. The van der Waals surface area contributed by atoms with Gasteiger partial charge in [0.05, 0.1) is 5.69 Å². The molecule has 3 N–H and O–H groups in total. The Bertz CT molecular complexity index is 734. The molecule has 3 aromatic heterocycles. The van der Waals surface area contributed by atoms with E-state index in [0.29, 0.717) is 21.9 Å². The predicted octanol–water partition coefficient (Wildman–Crippen LogP) is 1.02. The summed E-state index contributed by atoms with van der Waals surface area (Å²) in [5, 5.41) is 2.35. The van der Waals surface area contributed by atoms with Crippen LogP contribution >= 0.6 is 11.3 Å². The molecule has 3 rings (SSSR count). The normalized spacial score (nSPS) is 10.8. The van der Waals surface area contributed by atoms with Crippen molar-refractivity contribution >= 4 is 28.2 Å². The number of nitrogens with zero attached hydrogens (tertiary/aromatic N) is 3. The van der Waals surface area contributed by atoms with Crippen LogP contribution < -0.4 is 11.3 Å². The Morgan fingerprint density at radius 3 is 2.94 bits per heavy atom. The SMILES string of the molecule is Nc1ccnc2[nH]c(=O)c(-c3nccs3)nc12. The number of aromatic amines is 1. The average Bonchev–Trinajstić information content (AvgIpc) is 2.82. The van der Waals surface area contributed by atoms with Crippen molar-refractivity contribution in [2.75, 3.05) is 5.73 Å². The molecular weight excluding hydrogens is 238 g/mol. The van der Waals surface area contributed by atoms with Gasteiger partial charge in [-0.15, -0.1) is 11.3 Å². The highest BCUT2D eigenvalue weighted by molar-refractivity contribution is 7.13. The first kappa shape index (κ1) is 9.91. The first-order chi connectivity index (χ1) is 8.25. The predicted molar refractivity (Wildman–Crippen MR) is 65.7 cm³/mol. The molecule has 0 aliphatic heterocycles. The Labute approximate surface area is 99.2 Å². The minimum absolute atomic E-state index is 0.271. The van der Waals surface area contributed by atoms with Gasteiger partial charge in [-0.3, -0.25) is 4.79 Å². The average molecular weight is 245 g/mol. The molecule has 0 aromatic carbocycles. The van der Waals surface area contributed by atoms with E-state index in [4.69, 9.17) is 5.73 Å². The van der Waals surface area contributed by atoms with Gasteiger partial charge in [-0.1, -0.05) is 0 Å². The van der Waals surface area contributed by atoms with E-state index in [0.717, 1.165) is 0 Å². The third kappa shape index (κ3) is 1.56. The van der Waals surface area contributed by atoms with E-state index < -0.39 is 0 Å². The van der Waals surface area contributed by atoms with Crippen LogP contribution in [0.3, 0.4) is 0 Å². The van der Waals surface area contributed by atoms with Crippen LogP contribution in [-0.4, -0.2) is 19.9 Å². The maximum atomic E-state index is 11.8. The van der Waals surface area contributed by atoms with Crippen molar-refractivity contribution < 1.29 is 0 Å². The van der Waals surface area contributed by atoms with Crippen LogP contribution in [0.1, 0.15) is 0 Å². The maximum absolute atomic E-state index is 11.8. The Balaban J connectivity index is 2.38. The summed E-state index contributed by atoms with van der Waals surface area (Å²) in [6.07, 6.45) is 3.15. The van der Waals surface area contributed by atoms with Crippen LogP contribution in [-0.2, 0) is 0 Å². The lowest BCUT2D eigenvalue weighted by Crippen LogP contribution is -2.12. The molecule has 0 saturated heterocycles. The lowest BCUT2D eigenvalue weighted by molar-refractivity contribution is 1.17. The topological polar surface area (TPSA) is 97.5 Å². The molecule has 0 fully saturated rings. The van der Waals surface area contributed by atoms with Gasteiger partial charge >= 0.3 is 0 Å². The maximum Gasteiger partial charge on any atom is 0.278 e. The minimum Gasteiger partial charge on any atom is -0.397 e. The van der Waals surface area contributed by atoms with Gasteiger partial charge in [0.1, 0.15) is 10.5 Å². The van der Waals surface area contributed by atoms with Gasteiger partial charge in [-0.2, -0.15) is 0 Å². The third-order valence-electron chi connectivity index (χ3n) is 2.26. The Morgan fingerprint density at radius 2 is 2.18 bits per heavy atom. The molecule has 0 atom stereocenters. The van der Waals surface area contributed by atoms with E-state index in [-0.39, 0.29) is 11.3 Å². The summed E-state index contributed by atoms with van der Waals surface area (Å²) in [6.45, 7) is 0. The van der Waals surface area contributed by atoms with Gasteiger partial charge in [0.2, 0.25) is 0 Å². The van der Waals surface area contributed by atoms with Crippen LogP contribution in [0, 0.1) is 0 Å². The van der Waals surface area contributed by atoms with Gasteiger partial charge in [-0.25, -0.2) is 15.0 Å². The van der Waals surface area contributed by atoms with Crippen LogP contribution in [0.5, 0.6) is 0 Å².